The van der Waals surface area contributed by atoms with Crippen LogP contribution in [0.1, 0.15) is 53.8 Å². The maximum Gasteiger partial charge on any atom is 0.259 e. The van der Waals surface area contributed by atoms with Crippen molar-refractivity contribution in [3.63, 3.8) is 0 Å². The smallest absolute Gasteiger partial charge is 0.259 e. The van der Waals surface area contributed by atoms with Crippen LogP contribution in [0.3, 0.4) is 0 Å². The summed E-state index contributed by atoms with van der Waals surface area (Å²) >= 11 is 0. The molecule has 6 nitrogen and oxygen atoms in total. The SMILES string of the molecule is Cc1noc2nc(C3CC3)cc(C(=O)NC3CCNCC3C)c12. The quantitative estimate of drug-likeness (QED) is 0.907. The van der Waals surface area contributed by atoms with E-state index >= 15 is 0 Å². The van der Waals surface area contributed by atoms with Gasteiger partial charge in [-0.05, 0) is 51.3 Å². The van der Waals surface area contributed by atoms with E-state index in [1.54, 1.807) is 0 Å². The molecule has 4 rings (SSSR count). The molecule has 0 spiro atoms. The number of carbonyl (C=O) groups excluding carboxylic acids is 1. The third kappa shape index (κ3) is 2.72. The van der Waals surface area contributed by atoms with Gasteiger partial charge in [0.25, 0.3) is 11.6 Å². The minimum absolute atomic E-state index is 0.0376. The van der Waals surface area contributed by atoms with Crippen LogP contribution in [0.5, 0.6) is 0 Å². The van der Waals surface area contributed by atoms with E-state index in [4.69, 9.17) is 4.52 Å². The highest BCUT2D eigenvalue weighted by Crippen LogP contribution is 2.40. The van der Waals surface area contributed by atoms with Crippen molar-refractivity contribution in [2.75, 3.05) is 13.1 Å². The highest BCUT2D eigenvalue weighted by molar-refractivity contribution is 6.06. The van der Waals surface area contributed by atoms with Crippen LogP contribution < -0.4 is 10.6 Å². The monoisotopic (exact) mass is 314 g/mol. The molecule has 2 fully saturated rings. The lowest BCUT2D eigenvalue weighted by Gasteiger charge is -2.30. The van der Waals surface area contributed by atoms with E-state index in [9.17, 15) is 4.79 Å². The van der Waals surface area contributed by atoms with E-state index in [2.05, 4.69) is 27.7 Å². The Morgan fingerprint density at radius 1 is 1.39 bits per heavy atom. The molecule has 122 valence electrons. The third-order valence-corrected chi connectivity index (χ3v) is 4.98. The zero-order valence-electron chi connectivity index (χ0n) is 13.6. The van der Waals surface area contributed by atoms with Crippen LogP contribution in [0.2, 0.25) is 0 Å². The number of hydrogen-bond donors (Lipinski definition) is 2. The van der Waals surface area contributed by atoms with Gasteiger partial charge in [-0.25, -0.2) is 4.98 Å². The number of aromatic nitrogens is 2. The first kappa shape index (κ1) is 14.6. The lowest BCUT2D eigenvalue weighted by molar-refractivity contribution is 0.0915. The van der Waals surface area contributed by atoms with Gasteiger partial charge < -0.3 is 15.2 Å². The molecule has 1 saturated carbocycles. The summed E-state index contributed by atoms with van der Waals surface area (Å²) in [5.74, 6) is 0.856. The van der Waals surface area contributed by atoms with Gasteiger partial charge in [0.1, 0.15) is 0 Å². The van der Waals surface area contributed by atoms with Crippen molar-refractivity contribution in [2.45, 2.75) is 45.1 Å². The molecule has 2 atom stereocenters. The number of nitrogens with one attached hydrogen (secondary N) is 2. The fourth-order valence-electron chi connectivity index (χ4n) is 3.36. The number of fused-ring (bicyclic) bond motifs is 1. The molecule has 23 heavy (non-hydrogen) atoms. The summed E-state index contributed by atoms with van der Waals surface area (Å²) in [4.78, 5) is 17.4. The predicted molar refractivity (Wildman–Crippen MR) is 86.4 cm³/mol. The summed E-state index contributed by atoms with van der Waals surface area (Å²) in [5.41, 5.74) is 2.81. The summed E-state index contributed by atoms with van der Waals surface area (Å²) < 4.78 is 5.32. The van der Waals surface area contributed by atoms with E-state index < -0.39 is 0 Å². The first-order valence-electron chi connectivity index (χ1n) is 8.42. The van der Waals surface area contributed by atoms with Crippen LogP contribution in [0, 0.1) is 12.8 Å². The van der Waals surface area contributed by atoms with E-state index in [0.29, 0.717) is 23.1 Å². The van der Waals surface area contributed by atoms with Crippen LogP contribution in [-0.2, 0) is 0 Å². The summed E-state index contributed by atoms with van der Waals surface area (Å²) in [6, 6.07) is 2.14. The van der Waals surface area contributed by atoms with Gasteiger partial charge in [0.2, 0.25) is 0 Å². The molecule has 2 unspecified atom stereocenters. The fraction of sp³-hybridized carbons (Fsp3) is 0.588. The zero-order valence-corrected chi connectivity index (χ0v) is 13.6. The molecule has 1 aliphatic carbocycles. The Bertz CT molecular complexity index is 750. The Morgan fingerprint density at radius 2 is 2.22 bits per heavy atom. The van der Waals surface area contributed by atoms with Gasteiger partial charge in [0.05, 0.1) is 16.6 Å². The molecule has 2 aromatic heterocycles. The van der Waals surface area contributed by atoms with E-state index in [1.807, 2.05) is 13.0 Å². The van der Waals surface area contributed by atoms with Gasteiger partial charge >= 0.3 is 0 Å². The number of aryl methyl sites for hydroxylation is 1. The van der Waals surface area contributed by atoms with Crippen LogP contribution in [0.4, 0.5) is 0 Å². The number of nitrogens with zero attached hydrogens (tertiary/aromatic N) is 2. The number of pyridine rings is 1. The minimum atomic E-state index is -0.0376. The van der Waals surface area contributed by atoms with Gasteiger partial charge in [-0.2, -0.15) is 0 Å². The molecule has 2 aliphatic rings. The van der Waals surface area contributed by atoms with E-state index in [1.165, 1.54) is 0 Å². The van der Waals surface area contributed by atoms with Gasteiger partial charge in [-0.1, -0.05) is 12.1 Å². The molecular formula is C17H22N4O2. The van der Waals surface area contributed by atoms with Crippen molar-refractivity contribution in [1.29, 1.82) is 0 Å². The lowest BCUT2D eigenvalue weighted by atomic mass is 9.94. The van der Waals surface area contributed by atoms with Crippen LogP contribution in [0.25, 0.3) is 11.1 Å². The van der Waals surface area contributed by atoms with E-state index in [0.717, 1.165) is 49.1 Å². The van der Waals surface area contributed by atoms with Gasteiger partial charge in [-0.3, -0.25) is 4.79 Å². The van der Waals surface area contributed by atoms with E-state index in [-0.39, 0.29) is 11.9 Å². The molecule has 0 aromatic carbocycles. The highest BCUT2D eigenvalue weighted by Gasteiger charge is 2.30. The predicted octanol–water partition coefficient (Wildman–Crippen LogP) is 2.14. The Morgan fingerprint density at radius 3 is 2.96 bits per heavy atom. The maximum absolute atomic E-state index is 12.9. The molecule has 0 radical (unpaired) electrons. The second-order valence-corrected chi connectivity index (χ2v) is 6.87. The average molecular weight is 314 g/mol. The number of carbonyl (C=O) groups is 1. The molecular weight excluding hydrogens is 292 g/mol. The summed E-state index contributed by atoms with van der Waals surface area (Å²) in [5, 5.41) is 11.3. The molecule has 1 aliphatic heterocycles. The second kappa shape index (κ2) is 5.60. The number of piperidine rings is 1. The summed E-state index contributed by atoms with van der Waals surface area (Å²) in [6.07, 6.45) is 3.23. The number of amides is 1. The first-order chi connectivity index (χ1) is 11.1. The Labute approximate surface area is 135 Å². The maximum atomic E-state index is 12.9. The van der Waals surface area contributed by atoms with Crippen LogP contribution >= 0.6 is 0 Å². The van der Waals surface area contributed by atoms with Crippen molar-refractivity contribution in [3.05, 3.63) is 23.0 Å². The minimum Gasteiger partial charge on any atom is -0.349 e. The van der Waals surface area contributed by atoms with Crippen molar-refractivity contribution in [2.24, 2.45) is 5.92 Å². The Balaban J connectivity index is 1.68. The van der Waals surface area contributed by atoms with Crippen LogP contribution in [-0.4, -0.2) is 35.2 Å². The second-order valence-electron chi connectivity index (χ2n) is 6.87. The standard InChI is InChI=1S/C17H22N4O2/c1-9-8-18-6-5-13(9)19-16(22)12-7-14(11-3-4-11)20-17-15(12)10(2)21-23-17/h7,9,11,13,18H,3-6,8H2,1-2H3,(H,19,22). The topological polar surface area (TPSA) is 80.0 Å². The normalized spacial score (nSPS) is 24.8. The van der Waals surface area contributed by atoms with Crippen molar-refractivity contribution >= 4 is 17.0 Å². The average Bonchev–Trinajstić information content (AvgIpc) is 3.33. The van der Waals surface area contributed by atoms with Gasteiger partial charge in [0, 0.05) is 17.7 Å². The lowest BCUT2D eigenvalue weighted by Crippen LogP contribution is -2.48. The molecule has 1 amide bonds. The van der Waals surface area contributed by atoms with Crippen molar-refractivity contribution in [3.8, 4) is 0 Å². The first-order valence-corrected chi connectivity index (χ1v) is 8.42. The summed E-state index contributed by atoms with van der Waals surface area (Å²) in [6.45, 7) is 5.91. The molecule has 2 aromatic rings. The Kier molecular flexibility index (Phi) is 3.56. The van der Waals surface area contributed by atoms with Crippen molar-refractivity contribution in [1.82, 2.24) is 20.8 Å². The molecule has 2 N–H and O–H groups in total. The van der Waals surface area contributed by atoms with Gasteiger partial charge in [-0.15, -0.1) is 0 Å². The third-order valence-electron chi connectivity index (χ3n) is 4.98. The van der Waals surface area contributed by atoms with Crippen molar-refractivity contribution < 1.29 is 9.32 Å². The zero-order chi connectivity index (χ0) is 16.0. The molecule has 6 heteroatoms. The molecule has 0 bridgehead atoms. The highest BCUT2D eigenvalue weighted by atomic mass is 16.5. The number of hydrogen-bond acceptors (Lipinski definition) is 5. The fourth-order valence-corrected chi connectivity index (χ4v) is 3.36. The largest absolute Gasteiger partial charge is 0.349 e. The molecule has 1 saturated heterocycles. The number of rotatable bonds is 3. The van der Waals surface area contributed by atoms with Gasteiger partial charge in [0.15, 0.2) is 0 Å². The summed E-state index contributed by atoms with van der Waals surface area (Å²) in [7, 11) is 0. The Hall–Kier alpha value is -1.95. The van der Waals surface area contributed by atoms with Crippen LogP contribution in [0.15, 0.2) is 10.6 Å². The molecule has 3 heterocycles.